The Labute approximate surface area is 112 Å². The molecule has 1 rings (SSSR count). The standard InChI is InChI=1S/C13H19FO3S/c1-4-16-13(17-5-2)9-18-12-7-6-10(14)8-11(12)15-3/h6-8,13H,4-5,9H2,1-3H3. The van der Waals surface area contributed by atoms with Crippen molar-refractivity contribution in [3.63, 3.8) is 0 Å². The van der Waals surface area contributed by atoms with Gasteiger partial charge in [0, 0.05) is 29.9 Å². The zero-order valence-electron chi connectivity index (χ0n) is 10.9. The minimum atomic E-state index is -0.303. The van der Waals surface area contributed by atoms with Crippen LogP contribution in [0.25, 0.3) is 0 Å². The van der Waals surface area contributed by atoms with Crippen LogP contribution in [-0.4, -0.2) is 32.4 Å². The highest BCUT2D eigenvalue weighted by Gasteiger charge is 2.11. The molecule has 0 aliphatic rings. The minimum absolute atomic E-state index is 0.250. The maximum atomic E-state index is 13.0. The Morgan fingerprint density at radius 3 is 2.44 bits per heavy atom. The van der Waals surface area contributed by atoms with Gasteiger partial charge in [-0.25, -0.2) is 4.39 Å². The third kappa shape index (κ3) is 4.84. The molecule has 0 fully saturated rings. The summed E-state index contributed by atoms with van der Waals surface area (Å²) in [5.41, 5.74) is 0. The van der Waals surface area contributed by atoms with Gasteiger partial charge in [-0.1, -0.05) is 0 Å². The number of benzene rings is 1. The molecule has 1 aromatic rings. The fourth-order valence-electron chi connectivity index (χ4n) is 1.43. The summed E-state index contributed by atoms with van der Waals surface area (Å²) in [7, 11) is 1.53. The molecule has 5 heteroatoms. The zero-order chi connectivity index (χ0) is 13.4. The summed E-state index contributed by atoms with van der Waals surface area (Å²) in [6.07, 6.45) is -0.250. The third-order valence-electron chi connectivity index (χ3n) is 2.21. The first-order chi connectivity index (χ1) is 8.71. The Morgan fingerprint density at radius 1 is 1.22 bits per heavy atom. The third-order valence-corrected chi connectivity index (χ3v) is 3.29. The summed E-state index contributed by atoms with van der Waals surface area (Å²) in [6.45, 7) is 5.06. The highest BCUT2D eigenvalue weighted by atomic mass is 32.2. The highest BCUT2D eigenvalue weighted by molar-refractivity contribution is 7.99. The number of rotatable bonds is 8. The smallest absolute Gasteiger partial charge is 0.166 e. The number of hydrogen-bond acceptors (Lipinski definition) is 4. The summed E-state index contributed by atoms with van der Waals surface area (Å²) in [5, 5.41) is 0. The molecule has 0 amide bonds. The first-order valence-electron chi connectivity index (χ1n) is 5.90. The van der Waals surface area contributed by atoms with Gasteiger partial charge < -0.3 is 14.2 Å². The fraction of sp³-hybridized carbons (Fsp3) is 0.538. The van der Waals surface area contributed by atoms with Gasteiger partial charge in [0.1, 0.15) is 11.6 Å². The maximum absolute atomic E-state index is 13.0. The summed E-state index contributed by atoms with van der Waals surface area (Å²) in [6, 6.07) is 4.49. The molecule has 0 saturated carbocycles. The van der Waals surface area contributed by atoms with Crippen molar-refractivity contribution in [1.82, 2.24) is 0 Å². The van der Waals surface area contributed by atoms with Crippen LogP contribution in [0.2, 0.25) is 0 Å². The maximum Gasteiger partial charge on any atom is 0.166 e. The summed E-state index contributed by atoms with van der Waals surface area (Å²) < 4.78 is 29.1. The molecular formula is C13H19FO3S. The van der Waals surface area contributed by atoms with E-state index in [1.54, 1.807) is 6.07 Å². The van der Waals surface area contributed by atoms with E-state index in [2.05, 4.69) is 0 Å². The lowest BCUT2D eigenvalue weighted by molar-refractivity contribution is -0.120. The zero-order valence-corrected chi connectivity index (χ0v) is 11.8. The normalized spacial score (nSPS) is 10.9. The first-order valence-corrected chi connectivity index (χ1v) is 6.89. The Bertz CT molecular complexity index is 354. The van der Waals surface area contributed by atoms with E-state index >= 15 is 0 Å². The number of methoxy groups -OCH3 is 1. The second kappa shape index (κ2) is 8.34. The van der Waals surface area contributed by atoms with Gasteiger partial charge in [-0.3, -0.25) is 0 Å². The van der Waals surface area contributed by atoms with E-state index in [-0.39, 0.29) is 12.1 Å². The van der Waals surface area contributed by atoms with E-state index < -0.39 is 0 Å². The van der Waals surface area contributed by atoms with Gasteiger partial charge in [-0.05, 0) is 26.0 Å². The largest absolute Gasteiger partial charge is 0.495 e. The van der Waals surface area contributed by atoms with E-state index in [9.17, 15) is 4.39 Å². The van der Waals surface area contributed by atoms with Gasteiger partial charge in [-0.15, -0.1) is 11.8 Å². The number of halogens is 1. The van der Waals surface area contributed by atoms with E-state index in [4.69, 9.17) is 14.2 Å². The lowest BCUT2D eigenvalue weighted by atomic mass is 10.3. The molecule has 0 N–H and O–H groups in total. The van der Waals surface area contributed by atoms with Crippen molar-refractivity contribution in [3.8, 4) is 5.75 Å². The molecule has 102 valence electrons. The van der Waals surface area contributed by atoms with Crippen molar-refractivity contribution < 1.29 is 18.6 Å². The second-order valence-corrected chi connectivity index (χ2v) is 4.51. The van der Waals surface area contributed by atoms with Crippen molar-refractivity contribution in [2.24, 2.45) is 0 Å². The van der Waals surface area contributed by atoms with Gasteiger partial charge in [0.15, 0.2) is 6.29 Å². The van der Waals surface area contributed by atoms with Crippen LogP contribution in [-0.2, 0) is 9.47 Å². The fourth-order valence-corrected chi connectivity index (χ4v) is 2.39. The molecule has 0 unspecified atom stereocenters. The average Bonchev–Trinajstić information content (AvgIpc) is 2.37. The Hall–Kier alpha value is -0.780. The van der Waals surface area contributed by atoms with Crippen molar-refractivity contribution in [1.29, 1.82) is 0 Å². The van der Waals surface area contributed by atoms with Gasteiger partial charge in [0.2, 0.25) is 0 Å². The Kier molecular flexibility index (Phi) is 7.08. The first kappa shape index (κ1) is 15.3. The average molecular weight is 274 g/mol. The van der Waals surface area contributed by atoms with Crippen molar-refractivity contribution in [2.45, 2.75) is 25.0 Å². The molecule has 1 aromatic carbocycles. The molecular weight excluding hydrogens is 255 g/mol. The van der Waals surface area contributed by atoms with Crippen molar-refractivity contribution in [2.75, 3.05) is 26.1 Å². The second-order valence-electron chi connectivity index (χ2n) is 3.45. The predicted molar refractivity (Wildman–Crippen MR) is 70.7 cm³/mol. The van der Waals surface area contributed by atoms with E-state index in [0.717, 1.165) is 4.90 Å². The molecule has 0 atom stereocenters. The van der Waals surface area contributed by atoms with Gasteiger partial charge in [0.05, 0.1) is 7.11 Å². The Balaban J connectivity index is 2.60. The monoisotopic (exact) mass is 274 g/mol. The van der Waals surface area contributed by atoms with Crippen LogP contribution < -0.4 is 4.74 Å². The van der Waals surface area contributed by atoms with E-state index in [1.165, 1.54) is 31.0 Å². The molecule has 18 heavy (non-hydrogen) atoms. The molecule has 0 heterocycles. The molecule has 0 aliphatic heterocycles. The van der Waals surface area contributed by atoms with Crippen LogP contribution in [0, 0.1) is 5.82 Å². The molecule has 0 aromatic heterocycles. The summed E-state index contributed by atoms with van der Waals surface area (Å²) >= 11 is 1.53. The summed E-state index contributed by atoms with van der Waals surface area (Å²) in [5.74, 6) is 0.873. The molecule has 3 nitrogen and oxygen atoms in total. The molecule has 0 aliphatic carbocycles. The lowest BCUT2D eigenvalue weighted by Crippen LogP contribution is -2.20. The van der Waals surface area contributed by atoms with E-state index in [0.29, 0.717) is 24.7 Å². The number of ether oxygens (including phenoxy) is 3. The predicted octanol–water partition coefficient (Wildman–Crippen LogP) is 3.33. The topological polar surface area (TPSA) is 27.7 Å². The van der Waals surface area contributed by atoms with Crippen LogP contribution >= 0.6 is 11.8 Å². The SMILES string of the molecule is CCOC(CSc1ccc(F)cc1OC)OCC. The number of thioether (sulfide) groups is 1. The molecule has 0 spiro atoms. The van der Waals surface area contributed by atoms with E-state index in [1.807, 2.05) is 13.8 Å². The Morgan fingerprint density at radius 2 is 1.89 bits per heavy atom. The van der Waals surface area contributed by atoms with Crippen molar-refractivity contribution >= 4 is 11.8 Å². The lowest BCUT2D eigenvalue weighted by Gasteiger charge is -2.17. The minimum Gasteiger partial charge on any atom is -0.495 e. The molecule has 0 radical (unpaired) electrons. The van der Waals surface area contributed by atoms with Crippen LogP contribution in [0.3, 0.4) is 0 Å². The van der Waals surface area contributed by atoms with Crippen LogP contribution in [0.5, 0.6) is 5.75 Å². The molecule has 0 saturated heterocycles. The summed E-state index contributed by atoms with van der Waals surface area (Å²) in [4.78, 5) is 0.878. The molecule has 0 bridgehead atoms. The van der Waals surface area contributed by atoms with Crippen LogP contribution in [0.1, 0.15) is 13.8 Å². The van der Waals surface area contributed by atoms with Crippen molar-refractivity contribution in [3.05, 3.63) is 24.0 Å². The highest BCUT2D eigenvalue weighted by Crippen LogP contribution is 2.30. The van der Waals surface area contributed by atoms with Gasteiger partial charge in [-0.2, -0.15) is 0 Å². The van der Waals surface area contributed by atoms with Gasteiger partial charge in [0.25, 0.3) is 0 Å². The van der Waals surface area contributed by atoms with Crippen LogP contribution in [0.15, 0.2) is 23.1 Å². The quantitative estimate of drug-likeness (QED) is 0.537. The number of hydrogen-bond donors (Lipinski definition) is 0. The van der Waals surface area contributed by atoms with Gasteiger partial charge >= 0.3 is 0 Å². The van der Waals surface area contributed by atoms with Crippen LogP contribution in [0.4, 0.5) is 4.39 Å².